The molecule has 0 bridgehead atoms. The first-order valence-corrected chi connectivity index (χ1v) is 5.65. The van der Waals surface area contributed by atoms with Crippen molar-refractivity contribution in [3.8, 4) is 5.75 Å². The Hall–Kier alpha value is -1.10. The molecular weight excluding hydrogens is 279 g/mol. The number of hydrogen-bond donors (Lipinski definition) is 2. The smallest absolute Gasteiger partial charge is 0.304 e. The van der Waals surface area contributed by atoms with Gasteiger partial charge in [-0.2, -0.15) is 0 Å². The van der Waals surface area contributed by atoms with Crippen LogP contribution in [0.5, 0.6) is 5.75 Å². The Morgan fingerprint density at radius 3 is 2.62 bits per heavy atom. The molecule has 86 valence electrons. The van der Waals surface area contributed by atoms with Crippen LogP contribution in [0.3, 0.4) is 0 Å². The minimum Gasteiger partial charge on any atom is -0.505 e. The van der Waals surface area contributed by atoms with Gasteiger partial charge >= 0.3 is 5.97 Å². The van der Waals surface area contributed by atoms with Crippen LogP contribution < -0.4 is 0 Å². The van der Waals surface area contributed by atoms with Crippen molar-refractivity contribution in [2.24, 2.45) is 0 Å². The van der Waals surface area contributed by atoms with E-state index in [1.165, 1.54) is 6.07 Å². The number of carboxylic acids is 1. The minimum atomic E-state index is -0.937. The van der Waals surface area contributed by atoms with Gasteiger partial charge in [-0.3, -0.25) is 4.79 Å². The normalized spacial score (nSPS) is 17.1. The zero-order valence-electron chi connectivity index (χ0n) is 8.33. The first-order chi connectivity index (χ1) is 7.46. The molecule has 1 aliphatic carbocycles. The fourth-order valence-electron chi connectivity index (χ4n) is 2.00. The summed E-state index contributed by atoms with van der Waals surface area (Å²) in [7, 11) is 0. The molecule has 0 spiro atoms. The van der Waals surface area contributed by atoms with E-state index in [9.17, 15) is 14.3 Å². The van der Waals surface area contributed by atoms with Crippen molar-refractivity contribution in [3.05, 3.63) is 28.0 Å². The molecule has 0 amide bonds. The SMILES string of the molecule is O=C(O)CC1(c2c(Br)ccc(F)c2O)CC1. The zero-order chi connectivity index (χ0) is 11.9. The molecule has 1 saturated carbocycles. The van der Waals surface area contributed by atoms with Gasteiger partial charge in [0, 0.05) is 15.5 Å². The maximum Gasteiger partial charge on any atom is 0.304 e. The third-order valence-electron chi connectivity index (χ3n) is 2.95. The van der Waals surface area contributed by atoms with Gasteiger partial charge in [-0.1, -0.05) is 15.9 Å². The van der Waals surface area contributed by atoms with Gasteiger partial charge in [-0.25, -0.2) is 4.39 Å². The van der Waals surface area contributed by atoms with Crippen molar-refractivity contribution < 1.29 is 19.4 Å². The van der Waals surface area contributed by atoms with Crippen molar-refractivity contribution in [2.45, 2.75) is 24.7 Å². The van der Waals surface area contributed by atoms with Crippen LogP contribution in [0.4, 0.5) is 4.39 Å². The van der Waals surface area contributed by atoms with E-state index in [0.717, 1.165) is 6.07 Å². The number of aliphatic carboxylic acids is 1. The van der Waals surface area contributed by atoms with E-state index in [4.69, 9.17) is 5.11 Å². The Morgan fingerprint density at radius 1 is 1.50 bits per heavy atom. The molecule has 16 heavy (non-hydrogen) atoms. The molecule has 0 heterocycles. The predicted molar refractivity (Wildman–Crippen MR) is 58.9 cm³/mol. The van der Waals surface area contributed by atoms with Gasteiger partial charge in [0.2, 0.25) is 0 Å². The third-order valence-corrected chi connectivity index (χ3v) is 3.61. The summed E-state index contributed by atoms with van der Waals surface area (Å²) in [6, 6.07) is 2.64. The fourth-order valence-corrected chi connectivity index (χ4v) is 2.74. The number of aromatic hydroxyl groups is 1. The van der Waals surface area contributed by atoms with E-state index in [0.29, 0.717) is 22.9 Å². The van der Waals surface area contributed by atoms with Crippen molar-refractivity contribution in [3.63, 3.8) is 0 Å². The van der Waals surface area contributed by atoms with E-state index >= 15 is 0 Å². The Labute approximate surface area is 100 Å². The van der Waals surface area contributed by atoms with E-state index in [2.05, 4.69) is 15.9 Å². The zero-order valence-corrected chi connectivity index (χ0v) is 9.92. The van der Waals surface area contributed by atoms with Crippen molar-refractivity contribution in [1.82, 2.24) is 0 Å². The summed E-state index contributed by atoms with van der Waals surface area (Å²) in [4.78, 5) is 10.7. The second-order valence-corrected chi connectivity index (χ2v) is 4.96. The quantitative estimate of drug-likeness (QED) is 0.899. The maximum atomic E-state index is 13.2. The Balaban J connectivity index is 2.48. The molecule has 3 nitrogen and oxygen atoms in total. The molecule has 1 aliphatic rings. The van der Waals surface area contributed by atoms with Crippen LogP contribution in [0.1, 0.15) is 24.8 Å². The fraction of sp³-hybridized carbons (Fsp3) is 0.364. The highest BCUT2D eigenvalue weighted by Crippen LogP contribution is 2.56. The summed E-state index contributed by atoms with van der Waals surface area (Å²) >= 11 is 3.23. The summed E-state index contributed by atoms with van der Waals surface area (Å²) in [5.74, 6) is -2.09. The molecular formula is C11H10BrFO3. The number of phenolic OH excluding ortho intramolecular Hbond substituents is 1. The highest BCUT2D eigenvalue weighted by molar-refractivity contribution is 9.10. The summed E-state index contributed by atoms with van der Waals surface area (Å²) < 4.78 is 13.8. The molecule has 2 N–H and O–H groups in total. The van der Waals surface area contributed by atoms with Crippen LogP contribution in [0, 0.1) is 5.82 Å². The van der Waals surface area contributed by atoms with E-state index < -0.39 is 23.0 Å². The van der Waals surface area contributed by atoms with Gasteiger partial charge in [0.05, 0.1) is 6.42 Å². The number of benzene rings is 1. The predicted octanol–water partition coefficient (Wildman–Crippen LogP) is 2.80. The largest absolute Gasteiger partial charge is 0.505 e. The third kappa shape index (κ3) is 1.80. The molecule has 0 saturated heterocycles. The number of carbonyl (C=O) groups is 1. The monoisotopic (exact) mass is 288 g/mol. The number of rotatable bonds is 3. The molecule has 1 aromatic carbocycles. The number of hydrogen-bond acceptors (Lipinski definition) is 2. The highest BCUT2D eigenvalue weighted by atomic mass is 79.9. The lowest BCUT2D eigenvalue weighted by atomic mass is 9.91. The lowest BCUT2D eigenvalue weighted by Crippen LogP contribution is -2.14. The average Bonchev–Trinajstić information content (AvgIpc) is 2.92. The van der Waals surface area contributed by atoms with Crippen molar-refractivity contribution >= 4 is 21.9 Å². The Bertz CT molecular complexity index is 455. The molecule has 5 heteroatoms. The summed E-state index contributed by atoms with van der Waals surface area (Å²) in [6.07, 6.45) is 1.24. The van der Waals surface area contributed by atoms with Crippen molar-refractivity contribution in [2.75, 3.05) is 0 Å². The summed E-state index contributed by atoms with van der Waals surface area (Å²) in [5, 5.41) is 18.5. The highest BCUT2D eigenvalue weighted by Gasteiger charge is 2.49. The second kappa shape index (κ2) is 3.73. The lowest BCUT2D eigenvalue weighted by molar-refractivity contribution is -0.137. The standard InChI is InChI=1S/C11H10BrFO3/c12-6-1-2-7(13)10(16)9(6)11(3-4-11)5-8(14)15/h1-2,16H,3-5H2,(H,14,15). The van der Waals surface area contributed by atoms with Gasteiger partial charge in [0.15, 0.2) is 11.6 Å². The molecule has 0 aromatic heterocycles. The minimum absolute atomic E-state index is 0.0807. The van der Waals surface area contributed by atoms with Gasteiger partial charge in [-0.15, -0.1) is 0 Å². The Kier molecular flexibility index (Phi) is 2.66. The second-order valence-electron chi connectivity index (χ2n) is 4.10. The van der Waals surface area contributed by atoms with E-state index in [1.807, 2.05) is 0 Å². The van der Waals surface area contributed by atoms with Crippen LogP contribution >= 0.6 is 15.9 Å². The number of carboxylic acid groups (broad SMARTS) is 1. The van der Waals surface area contributed by atoms with E-state index in [1.54, 1.807) is 0 Å². The summed E-state index contributed by atoms with van der Waals surface area (Å²) in [5.41, 5.74) is -0.216. The van der Waals surface area contributed by atoms with Gasteiger partial charge < -0.3 is 10.2 Å². The van der Waals surface area contributed by atoms with Crippen LogP contribution in [-0.4, -0.2) is 16.2 Å². The molecule has 2 rings (SSSR count). The maximum absolute atomic E-state index is 13.2. The first-order valence-electron chi connectivity index (χ1n) is 4.85. The van der Waals surface area contributed by atoms with Gasteiger partial charge in [0.25, 0.3) is 0 Å². The topological polar surface area (TPSA) is 57.5 Å². The summed E-state index contributed by atoms with van der Waals surface area (Å²) in [6.45, 7) is 0. The lowest BCUT2D eigenvalue weighted by Gasteiger charge is -2.17. The molecule has 1 aromatic rings. The Morgan fingerprint density at radius 2 is 2.12 bits per heavy atom. The van der Waals surface area contributed by atoms with Gasteiger partial charge in [0.1, 0.15) is 0 Å². The van der Waals surface area contributed by atoms with Crippen LogP contribution in [0.25, 0.3) is 0 Å². The molecule has 0 atom stereocenters. The molecule has 1 fully saturated rings. The van der Waals surface area contributed by atoms with Crippen LogP contribution in [0.2, 0.25) is 0 Å². The molecule has 0 unspecified atom stereocenters. The van der Waals surface area contributed by atoms with Crippen LogP contribution in [-0.2, 0) is 10.2 Å². The molecule has 0 aliphatic heterocycles. The average molecular weight is 289 g/mol. The van der Waals surface area contributed by atoms with E-state index in [-0.39, 0.29) is 6.42 Å². The van der Waals surface area contributed by atoms with Crippen molar-refractivity contribution in [1.29, 1.82) is 0 Å². The van der Waals surface area contributed by atoms with Crippen LogP contribution in [0.15, 0.2) is 16.6 Å². The number of halogens is 2. The number of phenols is 1. The van der Waals surface area contributed by atoms with Gasteiger partial charge in [-0.05, 0) is 25.0 Å². The molecule has 0 radical (unpaired) electrons. The first kappa shape index (κ1) is 11.4.